The summed E-state index contributed by atoms with van der Waals surface area (Å²) in [7, 11) is 0. The van der Waals surface area contributed by atoms with E-state index in [-0.39, 0.29) is 37.2 Å². The molecule has 1 rings (SSSR count). The summed E-state index contributed by atoms with van der Waals surface area (Å²) in [4.78, 5) is 60.8. The van der Waals surface area contributed by atoms with Crippen molar-refractivity contribution in [3.05, 3.63) is 18.2 Å². The van der Waals surface area contributed by atoms with Gasteiger partial charge in [0.1, 0.15) is 18.1 Å². The molecule has 4 unspecified atom stereocenters. The minimum Gasteiger partial charge on any atom is -0.480 e. The Hall–Kier alpha value is -3.68. The number of rotatable bonds is 15. The molecular weight excluding hydrogens is 470 g/mol. The number of nitrogens with zero attached hydrogens (tertiary/aromatic N) is 2. The highest BCUT2D eigenvalue weighted by molar-refractivity contribution is 5.94. The lowest BCUT2D eigenvalue weighted by atomic mass is 10.0. The maximum atomic E-state index is 13.1. The van der Waals surface area contributed by atoms with Gasteiger partial charge in [-0.1, -0.05) is 27.7 Å². The highest BCUT2D eigenvalue weighted by Crippen LogP contribution is 2.08. The molecule has 0 spiro atoms. The SMILES string of the molecule is CC(C)C(NC(=O)C(CCCN=C(N)N)NC(=O)C(NC(=O)C(N)Cc1cnc[nH]1)C(C)C)C(=O)O. The predicted molar refractivity (Wildman–Crippen MR) is 133 cm³/mol. The molecule has 1 heterocycles. The molecular formula is C22H39N9O5. The Labute approximate surface area is 210 Å². The van der Waals surface area contributed by atoms with Crippen LogP contribution < -0.4 is 33.2 Å². The van der Waals surface area contributed by atoms with Gasteiger partial charge in [-0.05, 0) is 24.7 Å². The van der Waals surface area contributed by atoms with Gasteiger partial charge in [0.2, 0.25) is 17.7 Å². The van der Waals surface area contributed by atoms with E-state index < -0.39 is 47.9 Å². The zero-order valence-electron chi connectivity index (χ0n) is 21.2. The first-order valence-electron chi connectivity index (χ1n) is 11.8. The van der Waals surface area contributed by atoms with Gasteiger partial charge in [0.15, 0.2) is 5.96 Å². The van der Waals surface area contributed by atoms with E-state index in [4.69, 9.17) is 17.2 Å². The van der Waals surface area contributed by atoms with E-state index in [1.165, 1.54) is 6.33 Å². The molecule has 0 aromatic carbocycles. The number of carboxylic acids is 1. The molecule has 0 fully saturated rings. The van der Waals surface area contributed by atoms with Gasteiger partial charge in [0.25, 0.3) is 0 Å². The first kappa shape index (κ1) is 30.4. The number of H-pyrrole nitrogens is 1. The number of carbonyl (C=O) groups is 4. The lowest BCUT2D eigenvalue weighted by Crippen LogP contribution is -2.59. The van der Waals surface area contributed by atoms with Crippen LogP contribution in [-0.4, -0.2) is 75.4 Å². The topological polar surface area (TPSA) is 244 Å². The molecule has 0 bridgehead atoms. The van der Waals surface area contributed by atoms with Crippen molar-refractivity contribution >= 4 is 29.7 Å². The Morgan fingerprint density at radius 1 is 1.00 bits per heavy atom. The summed E-state index contributed by atoms with van der Waals surface area (Å²) in [5.74, 6) is -3.84. The maximum absolute atomic E-state index is 13.1. The van der Waals surface area contributed by atoms with Crippen LogP contribution in [-0.2, 0) is 25.6 Å². The summed E-state index contributed by atoms with van der Waals surface area (Å²) < 4.78 is 0. The summed E-state index contributed by atoms with van der Waals surface area (Å²) in [6, 6.07) is -4.14. The van der Waals surface area contributed by atoms with Gasteiger partial charge < -0.3 is 43.2 Å². The first-order valence-corrected chi connectivity index (χ1v) is 11.8. The fourth-order valence-electron chi connectivity index (χ4n) is 3.32. The number of nitrogens with one attached hydrogen (secondary N) is 4. The zero-order valence-corrected chi connectivity index (χ0v) is 21.2. The second-order valence-corrected chi connectivity index (χ2v) is 9.20. The van der Waals surface area contributed by atoms with Crippen LogP contribution in [0, 0.1) is 11.8 Å². The largest absolute Gasteiger partial charge is 0.480 e. The molecule has 1 aromatic heterocycles. The third-order valence-electron chi connectivity index (χ3n) is 5.39. The highest BCUT2D eigenvalue weighted by atomic mass is 16.4. The lowest BCUT2D eigenvalue weighted by molar-refractivity contribution is -0.143. The number of hydrogen-bond acceptors (Lipinski definition) is 7. The Balaban J connectivity index is 2.95. The van der Waals surface area contributed by atoms with Crippen LogP contribution in [0.5, 0.6) is 0 Å². The maximum Gasteiger partial charge on any atom is 0.326 e. The molecule has 1 aromatic rings. The van der Waals surface area contributed by atoms with Gasteiger partial charge in [-0.15, -0.1) is 0 Å². The number of hydrogen-bond donors (Lipinski definition) is 8. The minimum atomic E-state index is -1.19. The van der Waals surface area contributed by atoms with E-state index in [1.807, 2.05) is 0 Å². The molecule has 3 amide bonds. The van der Waals surface area contributed by atoms with Gasteiger partial charge in [0.05, 0.1) is 12.4 Å². The van der Waals surface area contributed by atoms with Crippen LogP contribution >= 0.6 is 0 Å². The van der Waals surface area contributed by atoms with Crippen molar-refractivity contribution in [2.24, 2.45) is 34.0 Å². The average molecular weight is 510 g/mol. The molecule has 4 atom stereocenters. The summed E-state index contributed by atoms with van der Waals surface area (Å²) in [6.45, 7) is 6.99. The third kappa shape index (κ3) is 10.3. The normalized spacial score (nSPS) is 14.4. The summed E-state index contributed by atoms with van der Waals surface area (Å²) in [5.41, 5.74) is 17.3. The average Bonchev–Trinajstić information content (AvgIpc) is 3.29. The van der Waals surface area contributed by atoms with Crippen molar-refractivity contribution in [2.75, 3.05) is 6.54 Å². The van der Waals surface area contributed by atoms with Crippen molar-refractivity contribution < 1.29 is 24.3 Å². The van der Waals surface area contributed by atoms with E-state index >= 15 is 0 Å². The number of aromatic amines is 1. The number of imidazole rings is 1. The van der Waals surface area contributed by atoms with E-state index in [0.29, 0.717) is 12.1 Å². The minimum absolute atomic E-state index is 0.111. The van der Waals surface area contributed by atoms with Crippen LogP contribution in [0.1, 0.15) is 46.2 Å². The zero-order chi connectivity index (χ0) is 27.4. The number of guanidine groups is 1. The molecule has 0 saturated carbocycles. The number of carboxylic acid groups (broad SMARTS) is 1. The van der Waals surface area contributed by atoms with Gasteiger partial charge in [0, 0.05) is 24.9 Å². The van der Waals surface area contributed by atoms with Gasteiger partial charge in [-0.25, -0.2) is 9.78 Å². The molecule has 36 heavy (non-hydrogen) atoms. The Kier molecular flexibility index (Phi) is 12.4. The highest BCUT2D eigenvalue weighted by Gasteiger charge is 2.32. The Morgan fingerprint density at radius 2 is 1.61 bits per heavy atom. The standard InChI is InChI=1S/C22H39N9O5/c1-11(2)16(30-18(32)14(23)8-13-9-26-10-28-13)20(34)29-15(6-5-7-27-22(24)25)19(33)31-17(12(3)4)21(35)36/h9-12,14-17H,5-8,23H2,1-4H3,(H,26,28)(H,29,34)(H,30,32)(H,31,33)(H,35,36)(H4,24,25,27). The molecule has 14 heteroatoms. The second-order valence-electron chi connectivity index (χ2n) is 9.20. The smallest absolute Gasteiger partial charge is 0.326 e. The summed E-state index contributed by atoms with van der Waals surface area (Å²) >= 11 is 0. The van der Waals surface area contributed by atoms with Crippen LogP contribution in [0.25, 0.3) is 0 Å². The van der Waals surface area contributed by atoms with Crippen LogP contribution in [0.2, 0.25) is 0 Å². The molecule has 202 valence electrons. The third-order valence-corrected chi connectivity index (χ3v) is 5.39. The summed E-state index contributed by atoms with van der Waals surface area (Å²) in [6.07, 6.45) is 3.68. The number of nitrogens with two attached hydrogens (primary N) is 3. The molecule has 14 nitrogen and oxygen atoms in total. The van der Waals surface area contributed by atoms with Crippen molar-refractivity contribution in [2.45, 2.75) is 71.1 Å². The number of aliphatic carboxylic acids is 1. The van der Waals surface area contributed by atoms with Crippen molar-refractivity contribution in [1.82, 2.24) is 25.9 Å². The first-order chi connectivity index (χ1) is 16.8. The van der Waals surface area contributed by atoms with E-state index in [0.717, 1.165) is 0 Å². The number of carbonyl (C=O) groups excluding carboxylic acids is 3. The molecule has 0 aliphatic heterocycles. The molecule has 0 radical (unpaired) electrons. The van der Waals surface area contributed by atoms with E-state index in [2.05, 4.69) is 30.9 Å². The molecule has 11 N–H and O–H groups in total. The fraction of sp³-hybridized carbons (Fsp3) is 0.636. The summed E-state index contributed by atoms with van der Waals surface area (Å²) in [5, 5.41) is 17.2. The number of amides is 3. The monoisotopic (exact) mass is 509 g/mol. The van der Waals surface area contributed by atoms with Crippen LogP contribution in [0.15, 0.2) is 17.5 Å². The van der Waals surface area contributed by atoms with E-state index in [1.54, 1.807) is 33.9 Å². The van der Waals surface area contributed by atoms with Gasteiger partial charge in [-0.2, -0.15) is 0 Å². The van der Waals surface area contributed by atoms with Crippen LogP contribution in [0.4, 0.5) is 0 Å². The quantitative estimate of drug-likeness (QED) is 0.0752. The van der Waals surface area contributed by atoms with Crippen molar-refractivity contribution in [3.63, 3.8) is 0 Å². The predicted octanol–water partition coefficient (Wildman–Crippen LogP) is -1.82. The number of aromatic nitrogens is 2. The van der Waals surface area contributed by atoms with E-state index in [9.17, 15) is 24.3 Å². The Morgan fingerprint density at radius 3 is 2.11 bits per heavy atom. The molecule has 0 aliphatic carbocycles. The van der Waals surface area contributed by atoms with Gasteiger partial charge in [-0.3, -0.25) is 19.4 Å². The van der Waals surface area contributed by atoms with Crippen molar-refractivity contribution in [1.29, 1.82) is 0 Å². The van der Waals surface area contributed by atoms with Gasteiger partial charge >= 0.3 is 5.97 Å². The number of aliphatic imine (C=N–C) groups is 1. The molecule has 0 aliphatic rings. The molecule has 0 saturated heterocycles. The van der Waals surface area contributed by atoms with Crippen LogP contribution in [0.3, 0.4) is 0 Å². The van der Waals surface area contributed by atoms with Crippen molar-refractivity contribution in [3.8, 4) is 0 Å². The lowest BCUT2D eigenvalue weighted by Gasteiger charge is -2.27. The Bertz CT molecular complexity index is 898. The fourth-order valence-corrected chi connectivity index (χ4v) is 3.32. The second kappa shape index (κ2) is 14.7.